The molecule has 1 aromatic rings. The van der Waals surface area contributed by atoms with Gasteiger partial charge >= 0.3 is 5.97 Å². The van der Waals surface area contributed by atoms with Gasteiger partial charge in [0.05, 0.1) is 5.41 Å². The van der Waals surface area contributed by atoms with Crippen molar-refractivity contribution in [3.63, 3.8) is 0 Å². The fourth-order valence-electron chi connectivity index (χ4n) is 4.58. The van der Waals surface area contributed by atoms with Gasteiger partial charge in [-0.1, -0.05) is 30.3 Å². The van der Waals surface area contributed by atoms with Crippen molar-refractivity contribution in [2.45, 2.75) is 38.0 Å². The first-order valence-corrected chi connectivity index (χ1v) is 8.67. The fraction of sp³-hybridized carbons (Fsp3) is 0.579. The minimum absolute atomic E-state index is 0.0849. The Morgan fingerprint density at radius 3 is 2.52 bits per heavy atom. The zero-order chi connectivity index (χ0) is 16.0. The Labute approximate surface area is 136 Å². The largest absolute Gasteiger partial charge is 0.481 e. The summed E-state index contributed by atoms with van der Waals surface area (Å²) in [4.78, 5) is 26.3. The molecule has 3 atom stereocenters. The second kappa shape index (κ2) is 5.36. The molecule has 3 fully saturated rings. The van der Waals surface area contributed by atoms with Gasteiger partial charge in [0.25, 0.3) is 0 Å². The molecule has 1 aromatic carbocycles. The Morgan fingerprint density at radius 2 is 1.87 bits per heavy atom. The van der Waals surface area contributed by atoms with Crippen LogP contribution in [-0.2, 0) is 9.59 Å². The van der Waals surface area contributed by atoms with Crippen molar-refractivity contribution in [3.8, 4) is 0 Å². The predicted octanol–water partition coefficient (Wildman–Crippen LogP) is 2.89. The summed E-state index contributed by atoms with van der Waals surface area (Å²) in [5.74, 6) is 0.161. The van der Waals surface area contributed by atoms with Gasteiger partial charge in [-0.2, -0.15) is 0 Å². The standard InChI is InChI=1S/C19H23NO3/c21-17(14-6-7-14)20-11-16-10-15(13-4-2-1-3-5-13)8-9-19(16,12-20)18(22)23/h1-5,14-16H,6-12H2,(H,22,23)/t15?,16-,19-/m0/s1. The number of hydrogen-bond acceptors (Lipinski definition) is 2. The minimum Gasteiger partial charge on any atom is -0.481 e. The molecule has 2 aliphatic carbocycles. The number of amides is 1. The Bertz CT molecular complexity index is 625. The van der Waals surface area contributed by atoms with Crippen LogP contribution in [-0.4, -0.2) is 35.0 Å². The molecule has 4 heteroatoms. The molecule has 1 unspecified atom stereocenters. The van der Waals surface area contributed by atoms with Gasteiger partial charge in [0.15, 0.2) is 0 Å². The highest BCUT2D eigenvalue weighted by Crippen LogP contribution is 2.52. The first-order chi connectivity index (χ1) is 11.1. The zero-order valence-electron chi connectivity index (χ0n) is 13.3. The Balaban J connectivity index is 1.56. The Morgan fingerprint density at radius 1 is 1.13 bits per heavy atom. The van der Waals surface area contributed by atoms with Crippen LogP contribution in [0.15, 0.2) is 30.3 Å². The van der Waals surface area contributed by atoms with E-state index in [1.165, 1.54) is 5.56 Å². The van der Waals surface area contributed by atoms with Gasteiger partial charge in [-0.05, 0) is 49.5 Å². The van der Waals surface area contributed by atoms with Crippen LogP contribution in [0, 0.1) is 17.3 Å². The van der Waals surface area contributed by atoms with Crippen molar-refractivity contribution in [2.75, 3.05) is 13.1 Å². The maximum absolute atomic E-state index is 12.4. The van der Waals surface area contributed by atoms with E-state index in [2.05, 4.69) is 12.1 Å². The number of rotatable bonds is 3. The van der Waals surface area contributed by atoms with Gasteiger partial charge in [-0.25, -0.2) is 0 Å². The summed E-state index contributed by atoms with van der Waals surface area (Å²) in [6.45, 7) is 1.05. The SMILES string of the molecule is O=C(C1CC1)N1C[C@@H]2CC(c3ccccc3)CC[C@]2(C(=O)O)C1. The van der Waals surface area contributed by atoms with Crippen LogP contribution in [0.3, 0.4) is 0 Å². The van der Waals surface area contributed by atoms with Crippen LogP contribution >= 0.6 is 0 Å². The molecule has 3 aliphatic rings. The monoisotopic (exact) mass is 313 g/mol. The predicted molar refractivity (Wildman–Crippen MR) is 85.9 cm³/mol. The van der Waals surface area contributed by atoms with E-state index in [1.807, 2.05) is 23.1 Å². The quantitative estimate of drug-likeness (QED) is 0.933. The highest BCUT2D eigenvalue weighted by Gasteiger charge is 2.56. The van der Waals surface area contributed by atoms with Crippen molar-refractivity contribution in [1.29, 1.82) is 0 Å². The molecule has 1 saturated heterocycles. The second-order valence-corrected chi connectivity index (χ2v) is 7.53. The van der Waals surface area contributed by atoms with Crippen molar-refractivity contribution >= 4 is 11.9 Å². The van der Waals surface area contributed by atoms with E-state index in [9.17, 15) is 14.7 Å². The molecule has 4 rings (SSSR count). The van der Waals surface area contributed by atoms with E-state index in [0.29, 0.717) is 25.4 Å². The summed E-state index contributed by atoms with van der Waals surface area (Å²) in [7, 11) is 0. The maximum Gasteiger partial charge on any atom is 0.311 e. The van der Waals surface area contributed by atoms with Crippen LogP contribution in [0.2, 0.25) is 0 Å². The molecular formula is C19H23NO3. The lowest BCUT2D eigenvalue weighted by atomic mass is 9.64. The van der Waals surface area contributed by atoms with Crippen molar-refractivity contribution in [3.05, 3.63) is 35.9 Å². The van der Waals surface area contributed by atoms with E-state index >= 15 is 0 Å². The lowest BCUT2D eigenvalue weighted by Crippen LogP contribution is -2.43. The van der Waals surface area contributed by atoms with Crippen LogP contribution in [0.1, 0.15) is 43.6 Å². The van der Waals surface area contributed by atoms with Gasteiger partial charge in [0.1, 0.15) is 0 Å². The number of carbonyl (C=O) groups is 2. The van der Waals surface area contributed by atoms with Crippen molar-refractivity contribution < 1.29 is 14.7 Å². The molecule has 122 valence electrons. The molecule has 0 bridgehead atoms. The summed E-state index contributed by atoms with van der Waals surface area (Å²) in [6, 6.07) is 10.4. The first kappa shape index (κ1) is 14.7. The second-order valence-electron chi connectivity index (χ2n) is 7.53. The molecule has 1 aliphatic heterocycles. The number of carboxylic acids is 1. The van der Waals surface area contributed by atoms with Crippen LogP contribution in [0.4, 0.5) is 0 Å². The van der Waals surface area contributed by atoms with E-state index in [1.54, 1.807) is 0 Å². The van der Waals surface area contributed by atoms with Gasteiger partial charge in [0, 0.05) is 19.0 Å². The van der Waals surface area contributed by atoms with Crippen LogP contribution < -0.4 is 0 Å². The molecule has 4 nitrogen and oxygen atoms in total. The van der Waals surface area contributed by atoms with Crippen LogP contribution in [0.5, 0.6) is 0 Å². The molecule has 0 aromatic heterocycles. The van der Waals surface area contributed by atoms with Gasteiger partial charge in [0.2, 0.25) is 5.91 Å². The molecule has 0 radical (unpaired) electrons. The number of hydrogen-bond donors (Lipinski definition) is 1. The van der Waals surface area contributed by atoms with Gasteiger partial charge in [-0.3, -0.25) is 9.59 Å². The van der Waals surface area contributed by atoms with Crippen LogP contribution in [0.25, 0.3) is 0 Å². The lowest BCUT2D eigenvalue weighted by molar-refractivity contribution is -0.153. The molecule has 0 spiro atoms. The van der Waals surface area contributed by atoms with E-state index in [4.69, 9.17) is 0 Å². The molecular weight excluding hydrogens is 290 g/mol. The fourth-order valence-corrected chi connectivity index (χ4v) is 4.58. The number of benzene rings is 1. The highest BCUT2D eigenvalue weighted by atomic mass is 16.4. The minimum atomic E-state index is -0.712. The number of likely N-dealkylation sites (tertiary alicyclic amines) is 1. The molecule has 1 heterocycles. The zero-order valence-corrected chi connectivity index (χ0v) is 13.3. The summed E-state index contributed by atoms with van der Waals surface area (Å²) in [5.41, 5.74) is 0.592. The summed E-state index contributed by atoms with van der Waals surface area (Å²) in [6.07, 6.45) is 4.42. The number of carboxylic acid groups (broad SMARTS) is 1. The third kappa shape index (κ3) is 2.44. The first-order valence-electron chi connectivity index (χ1n) is 8.67. The average Bonchev–Trinajstić information content (AvgIpc) is 3.34. The molecule has 23 heavy (non-hydrogen) atoms. The van der Waals surface area contributed by atoms with E-state index in [-0.39, 0.29) is 17.7 Å². The van der Waals surface area contributed by atoms with Crippen molar-refractivity contribution in [2.24, 2.45) is 17.3 Å². The highest BCUT2D eigenvalue weighted by molar-refractivity contribution is 5.84. The van der Waals surface area contributed by atoms with Gasteiger partial charge < -0.3 is 10.0 Å². The van der Waals surface area contributed by atoms with Crippen molar-refractivity contribution in [1.82, 2.24) is 4.90 Å². The molecule has 1 N–H and O–H groups in total. The van der Waals surface area contributed by atoms with E-state index in [0.717, 1.165) is 25.7 Å². The maximum atomic E-state index is 12.4. The Hall–Kier alpha value is -1.84. The topological polar surface area (TPSA) is 57.6 Å². The third-order valence-electron chi connectivity index (χ3n) is 6.14. The Kier molecular flexibility index (Phi) is 3.43. The smallest absolute Gasteiger partial charge is 0.311 e. The summed E-state index contributed by atoms with van der Waals surface area (Å²) >= 11 is 0. The number of fused-ring (bicyclic) bond motifs is 1. The summed E-state index contributed by atoms with van der Waals surface area (Å²) in [5, 5.41) is 9.87. The summed E-state index contributed by atoms with van der Waals surface area (Å²) < 4.78 is 0. The lowest BCUT2D eigenvalue weighted by Gasteiger charge is -2.38. The normalized spacial score (nSPS) is 33.3. The van der Waals surface area contributed by atoms with E-state index < -0.39 is 11.4 Å². The number of carbonyl (C=O) groups excluding carboxylic acids is 1. The third-order valence-corrected chi connectivity index (χ3v) is 6.14. The molecule has 1 amide bonds. The molecule has 2 saturated carbocycles. The van der Waals surface area contributed by atoms with Gasteiger partial charge in [-0.15, -0.1) is 0 Å². The average molecular weight is 313 g/mol. The number of aliphatic carboxylic acids is 1. The number of nitrogens with zero attached hydrogens (tertiary/aromatic N) is 1.